The Bertz CT molecular complexity index is 5040. The van der Waals surface area contributed by atoms with Gasteiger partial charge in [0, 0.05) is 89.2 Å². The largest absolute Gasteiger partial charge is 0.508 e. The summed E-state index contributed by atoms with van der Waals surface area (Å²) in [6.45, 7) is 11.3. The number of hydrogen-bond donors (Lipinski definition) is 14. The van der Waals surface area contributed by atoms with E-state index >= 15 is 47.9 Å². The number of fused-ring (bicyclic) bond motifs is 3. The molecule has 0 radical (unpaired) electrons. The highest BCUT2D eigenvalue weighted by Crippen LogP contribution is 2.29. The Morgan fingerprint density at radius 1 is 0.496 bits per heavy atom. The van der Waals surface area contributed by atoms with Gasteiger partial charge in [-0.05, 0) is 133 Å². The summed E-state index contributed by atoms with van der Waals surface area (Å²) >= 11 is 0.794. The number of carbonyl (C=O) groups is 16. The number of likely N-dealkylation sites (N-methyl/N-ethyl adjacent to an activating group) is 3. The predicted molar refractivity (Wildman–Crippen MR) is 486 cm³/mol. The zero-order valence-corrected chi connectivity index (χ0v) is 76.4. The fourth-order valence-corrected chi connectivity index (χ4v) is 17.4. The summed E-state index contributed by atoms with van der Waals surface area (Å²) in [4.78, 5) is 247. The lowest BCUT2D eigenvalue weighted by molar-refractivity contribution is -0.152. The van der Waals surface area contributed by atoms with E-state index in [0.717, 1.165) is 33.7 Å². The first-order valence-corrected chi connectivity index (χ1v) is 45.5. The molecule has 3 aliphatic heterocycles. The smallest absolute Gasteiger partial charge is 0.305 e. The van der Waals surface area contributed by atoms with Gasteiger partial charge in [-0.3, -0.25) is 76.7 Å². The molecule has 4 heterocycles. The van der Waals surface area contributed by atoms with Gasteiger partial charge in [0.25, 0.3) is 0 Å². The number of carbonyl (C=O) groups excluding carboxylic acids is 15. The van der Waals surface area contributed by atoms with Crippen molar-refractivity contribution in [2.24, 2.45) is 23.5 Å². The number of carboxylic acids is 1. The number of unbranched alkanes of at least 4 members (excludes halogenated alkanes) is 1. The van der Waals surface area contributed by atoms with Crippen LogP contribution in [0.3, 0.4) is 0 Å². The number of para-hydroxylation sites is 1. The first-order chi connectivity index (χ1) is 62.3. The third kappa shape index (κ3) is 28.8. The number of amides is 15. The SMILES string of the molecule is CCCC[C@H]1C(=O)N2CCC[C@@H]2C(=O)N[C@@H](CC(=O)O)C(=O)N[C@@H](C(C)C)C(=O)N(C)[C@@H](CC(C)C)C(=O)N[C@@H](Cc2ccc(O)cc2)C(=O)N2CCC[C@@H]2C(=O)N[C@@H](Cc2c[nH]c3ccccc23)C(=O)N[C@@H](Cc2ccc(O)cc2)C(=O)N[C@@H](CC(C)C)C(=O)N[C@H](C(=O)NCC(N)=O)CSCC(=O)N[C@@H](Cc2ccc(F)cc2)C(=O)N(C)[C@@H](Cc2ccccc2)C(=O)N1C. The standard InChI is InChI=1S/C94H123FN16O19S/c1-11-12-24-75-93(129)111-40-19-26-74(111)88(124)103-69(48-80(116)117)86(122)106-81(55(6)7)94(130)108(9)76(42-54(4)5)89(125)104-71(45-59-31-37-63(113)38-32-59)91(127)110-39-18-25-73(110)87(123)102-68(47-60-49-97-65-23-17-16-22-64(60)65)85(121)101-67(43-58-29-35-62(112)36-30-58)84(120)100-66(41-53(2)3)83(119)105-72(82(118)98-50-78(96)114)51-131-52-79(115)99-70(44-57-27-33-61(95)34-28-57)90(126)109(10)77(92(128)107(75)8)46-56-20-14-13-15-21-56/h13-17,20-23,27-38,49,53-55,66-77,81,97,112-113H,11-12,18-19,24-26,39-48,50-52H2,1-10H3,(H2,96,114)(H,98,118)(H,99,115)(H,100,120)(H,101,121)(H,102,123)(H,103,124)(H,104,125)(H,105,119)(H,106,122)(H,116,117)/t66-,67-,68-,69-,70-,71-,72-,73+,74+,75-,76-,77-,81-/m0/s1. The molecular formula is C94H123FN16O19S. The van der Waals surface area contributed by atoms with E-state index in [1.807, 2.05) is 6.92 Å². The second-order valence-corrected chi connectivity index (χ2v) is 36.0. The minimum Gasteiger partial charge on any atom is -0.508 e. The molecule has 3 saturated heterocycles. The van der Waals surface area contributed by atoms with Gasteiger partial charge < -0.3 is 98.4 Å². The number of halogens is 1. The van der Waals surface area contributed by atoms with E-state index in [-0.39, 0.29) is 113 Å². The van der Waals surface area contributed by atoms with Gasteiger partial charge in [0.2, 0.25) is 88.6 Å². The summed E-state index contributed by atoms with van der Waals surface area (Å²) in [6, 6.07) is 12.7. The van der Waals surface area contributed by atoms with Gasteiger partial charge >= 0.3 is 5.97 Å². The normalized spacial score (nSPS) is 23.8. The zero-order chi connectivity index (χ0) is 95.6. The van der Waals surface area contributed by atoms with Gasteiger partial charge in [0.15, 0.2) is 0 Å². The van der Waals surface area contributed by atoms with Gasteiger partial charge in [-0.15, -0.1) is 11.8 Å². The molecule has 3 fully saturated rings. The maximum Gasteiger partial charge on any atom is 0.305 e. The molecule has 706 valence electrons. The molecular weight excluding hydrogens is 1710 g/mol. The number of aromatic nitrogens is 1. The third-order valence-electron chi connectivity index (χ3n) is 23.7. The minimum absolute atomic E-state index is 0.0135. The van der Waals surface area contributed by atoms with Crippen LogP contribution in [0.5, 0.6) is 11.5 Å². The Hall–Kier alpha value is -13.0. The number of phenols is 2. The maximum absolute atomic E-state index is 15.7. The molecule has 15 N–H and O–H groups in total. The third-order valence-corrected chi connectivity index (χ3v) is 24.7. The number of primary amides is 1. The average Bonchev–Trinajstić information content (AvgIpc) is 1.73. The van der Waals surface area contributed by atoms with E-state index in [1.54, 1.807) is 102 Å². The molecule has 131 heavy (non-hydrogen) atoms. The van der Waals surface area contributed by atoms with Crippen molar-refractivity contribution in [1.82, 2.24) is 77.3 Å². The minimum atomic E-state index is -1.89. The molecule has 1 aromatic heterocycles. The number of nitrogens with two attached hydrogens (primary N) is 1. The number of hydrogen-bond acceptors (Lipinski definition) is 19. The molecule has 37 heteroatoms. The van der Waals surface area contributed by atoms with Crippen molar-refractivity contribution in [3.05, 3.63) is 167 Å². The molecule has 0 bridgehead atoms. The number of phenolic OH excluding ortho intramolecular Hbond substituents is 2. The van der Waals surface area contributed by atoms with E-state index in [1.165, 1.54) is 96.5 Å². The van der Waals surface area contributed by atoms with E-state index in [0.29, 0.717) is 51.6 Å². The van der Waals surface area contributed by atoms with E-state index < -0.39 is 209 Å². The topological polar surface area (TPSA) is 500 Å². The maximum atomic E-state index is 15.7. The van der Waals surface area contributed by atoms with Crippen LogP contribution in [0.15, 0.2) is 134 Å². The summed E-state index contributed by atoms with van der Waals surface area (Å²) in [5.41, 5.74) is 8.42. The average molecular weight is 1830 g/mol. The number of carboxylic acid groups (broad SMARTS) is 1. The van der Waals surface area contributed by atoms with Crippen LogP contribution in [0.1, 0.15) is 140 Å². The quantitative estimate of drug-likeness (QED) is 0.0437. The van der Waals surface area contributed by atoms with Crippen LogP contribution in [0.4, 0.5) is 4.39 Å². The Kier molecular flexibility index (Phi) is 37.4. The Balaban J connectivity index is 1.12. The van der Waals surface area contributed by atoms with Crippen molar-refractivity contribution >= 4 is 117 Å². The summed E-state index contributed by atoms with van der Waals surface area (Å²) in [5, 5.41) is 56.2. The highest BCUT2D eigenvalue weighted by atomic mass is 32.2. The summed E-state index contributed by atoms with van der Waals surface area (Å²) in [7, 11) is 4.03. The van der Waals surface area contributed by atoms with Crippen molar-refractivity contribution in [1.29, 1.82) is 0 Å². The number of rotatable bonds is 23. The second-order valence-electron chi connectivity index (χ2n) is 35.0. The fourth-order valence-electron chi connectivity index (χ4n) is 16.5. The van der Waals surface area contributed by atoms with Crippen LogP contribution in [0.25, 0.3) is 10.9 Å². The second kappa shape index (κ2) is 48.1. The molecule has 35 nitrogen and oxygen atoms in total. The lowest BCUT2D eigenvalue weighted by atomic mass is 9.97. The summed E-state index contributed by atoms with van der Waals surface area (Å²) in [5.74, 6) is -18.1. The number of nitrogens with zero attached hydrogens (tertiary/aromatic N) is 5. The molecule has 9 rings (SSSR count). The van der Waals surface area contributed by atoms with Gasteiger partial charge in [0.1, 0.15) is 95.9 Å². The summed E-state index contributed by atoms with van der Waals surface area (Å²) < 4.78 is 14.6. The lowest BCUT2D eigenvalue weighted by Gasteiger charge is -2.38. The first-order valence-electron chi connectivity index (χ1n) is 44.4. The molecule has 0 saturated carbocycles. The van der Waals surface area contributed by atoms with E-state index in [9.17, 15) is 48.5 Å². The highest BCUT2D eigenvalue weighted by Gasteiger charge is 2.46. The molecule has 5 aromatic carbocycles. The number of aliphatic carboxylic acids is 1. The van der Waals surface area contributed by atoms with Gasteiger partial charge in [0.05, 0.1) is 18.7 Å². The zero-order valence-electron chi connectivity index (χ0n) is 75.6. The Morgan fingerprint density at radius 3 is 1.54 bits per heavy atom. The molecule has 3 aliphatic rings. The highest BCUT2D eigenvalue weighted by molar-refractivity contribution is 8.00. The summed E-state index contributed by atoms with van der Waals surface area (Å²) in [6.07, 6.45) is 0.679. The molecule has 15 amide bonds. The van der Waals surface area contributed by atoms with Crippen molar-refractivity contribution in [2.75, 3.05) is 52.3 Å². The molecule has 0 aliphatic carbocycles. The number of aromatic amines is 1. The van der Waals surface area contributed by atoms with Crippen LogP contribution in [-0.4, -0.2) is 270 Å². The number of thioether (sulfide) groups is 1. The number of nitrogens with one attached hydrogen (secondary N) is 10. The molecule has 0 spiro atoms. The Labute approximate surface area is 765 Å². The van der Waals surface area contributed by atoms with Crippen LogP contribution in [-0.2, 0) is 109 Å². The first kappa shape index (κ1) is 102. The van der Waals surface area contributed by atoms with E-state index in [4.69, 9.17) is 5.73 Å². The number of benzene rings is 5. The van der Waals surface area contributed by atoms with Crippen molar-refractivity contribution in [3.8, 4) is 11.5 Å². The predicted octanol–water partition coefficient (Wildman–Crippen LogP) is 3.33. The molecule has 13 atom stereocenters. The lowest BCUT2D eigenvalue weighted by Crippen LogP contribution is -2.62. The van der Waals surface area contributed by atoms with Crippen molar-refractivity contribution in [2.45, 2.75) is 223 Å². The molecule has 6 aromatic rings. The van der Waals surface area contributed by atoms with Crippen LogP contribution >= 0.6 is 11.8 Å². The van der Waals surface area contributed by atoms with Crippen molar-refractivity contribution < 1.29 is 96.4 Å². The van der Waals surface area contributed by atoms with Gasteiger partial charge in [-0.25, -0.2) is 4.39 Å². The van der Waals surface area contributed by atoms with Crippen molar-refractivity contribution in [3.63, 3.8) is 0 Å². The molecule has 0 unspecified atom stereocenters. The monoisotopic (exact) mass is 1830 g/mol. The number of aromatic hydroxyl groups is 2. The Morgan fingerprint density at radius 2 is 0.977 bits per heavy atom. The van der Waals surface area contributed by atoms with Crippen LogP contribution in [0, 0.1) is 23.6 Å². The van der Waals surface area contributed by atoms with Gasteiger partial charge in [-0.1, -0.05) is 146 Å². The van der Waals surface area contributed by atoms with Gasteiger partial charge in [-0.2, -0.15) is 0 Å². The van der Waals surface area contributed by atoms with E-state index in [2.05, 4.69) is 52.8 Å². The van der Waals surface area contributed by atoms with Crippen LogP contribution < -0.4 is 53.6 Å². The number of H-pyrrole nitrogens is 1. The van der Waals surface area contributed by atoms with Crippen LogP contribution in [0.2, 0.25) is 0 Å². The fraction of sp³-hybridized carbons (Fsp3) is 0.489.